The van der Waals surface area contributed by atoms with Crippen LogP contribution in [0.2, 0.25) is 5.02 Å². The number of halogens is 1. The third-order valence-electron chi connectivity index (χ3n) is 3.52. The Morgan fingerprint density at radius 2 is 1.82 bits per heavy atom. The Hall–Kier alpha value is -2.45. The molecule has 0 heterocycles. The van der Waals surface area contributed by atoms with Crippen LogP contribution in [0.3, 0.4) is 0 Å². The number of carbonyl (C=O) groups excluding carboxylic acids is 1. The summed E-state index contributed by atoms with van der Waals surface area (Å²) < 4.78 is 36.4. The van der Waals surface area contributed by atoms with E-state index in [-0.39, 0.29) is 16.3 Å². The molecule has 2 rings (SSSR count). The van der Waals surface area contributed by atoms with E-state index >= 15 is 0 Å². The number of para-hydroxylation sites is 2. The Morgan fingerprint density at radius 3 is 2.39 bits per heavy atom. The molecular formula is C19H23ClN2O5S. The summed E-state index contributed by atoms with van der Waals surface area (Å²) in [7, 11) is -2.04. The Balaban J connectivity index is 2.29. The van der Waals surface area contributed by atoms with Crippen molar-refractivity contribution in [3.8, 4) is 11.5 Å². The highest BCUT2D eigenvalue weighted by Crippen LogP contribution is 2.37. The lowest BCUT2D eigenvalue weighted by atomic mass is 10.1. The molecule has 2 aromatic rings. The van der Waals surface area contributed by atoms with Crippen LogP contribution < -0.4 is 19.5 Å². The summed E-state index contributed by atoms with van der Waals surface area (Å²) in [6.07, 6.45) is 1.03. The van der Waals surface area contributed by atoms with E-state index in [4.69, 9.17) is 21.1 Å². The largest absolute Gasteiger partial charge is 0.493 e. The van der Waals surface area contributed by atoms with Gasteiger partial charge in [-0.15, -0.1) is 0 Å². The van der Waals surface area contributed by atoms with E-state index < -0.39 is 15.9 Å². The summed E-state index contributed by atoms with van der Waals surface area (Å²) in [5.74, 6) is 0.523. The van der Waals surface area contributed by atoms with Gasteiger partial charge in [0.05, 0.1) is 36.4 Å². The topological polar surface area (TPSA) is 93.7 Å². The summed E-state index contributed by atoms with van der Waals surface area (Å²) in [4.78, 5) is 12.7. The number of anilines is 2. The minimum atomic E-state index is -3.50. The first-order valence-electron chi connectivity index (χ1n) is 8.49. The molecule has 0 aromatic heterocycles. The summed E-state index contributed by atoms with van der Waals surface area (Å²) in [5.41, 5.74) is 0.814. The number of amides is 1. The predicted octanol–water partition coefficient (Wildman–Crippen LogP) is 4.01. The Morgan fingerprint density at radius 1 is 1.18 bits per heavy atom. The second-order valence-electron chi connectivity index (χ2n) is 6.57. The van der Waals surface area contributed by atoms with Crippen molar-refractivity contribution in [1.82, 2.24) is 0 Å². The van der Waals surface area contributed by atoms with Crippen LogP contribution in [0, 0.1) is 5.92 Å². The van der Waals surface area contributed by atoms with Crippen LogP contribution >= 0.6 is 11.6 Å². The van der Waals surface area contributed by atoms with Gasteiger partial charge in [-0.25, -0.2) is 8.42 Å². The van der Waals surface area contributed by atoms with Gasteiger partial charge in [0.15, 0.2) is 11.5 Å². The molecule has 2 aromatic carbocycles. The zero-order valence-electron chi connectivity index (χ0n) is 16.1. The molecule has 0 aliphatic heterocycles. The Labute approximate surface area is 170 Å². The fourth-order valence-corrected chi connectivity index (χ4v) is 3.16. The van der Waals surface area contributed by atoms with Gasteiger partial charge in [0.2, 0.25) is 10.0 Å². The second kappa shape index (κ2) is 9.16. The van der Waals surface area contributed by atoms with Crippen molar-refractivity contribution >= 4 is 38.9 Å². The van der Waals surface area contributed by atoms with E-state index in [0.29, 0.717) is 29.7 Å². The highest BCUT2D eigenvalue weighted by molar-refractivity contribution is 7.92. The number of carbonyl (C=O) groups is 1. The van der Waals surface area contributed by atoms with Gasteiger partial charge in [0, 0.05) is 5.56 Å². The lowest BCUT2D eigenvalue weighted by molar-refractivity contribution is 0.102. The van der Waals surface area contributed by atoms with Gasteiger partial charge in [0.25, 0.3) is 5.91 Å². The van der Waals surface area contributed by atoms with Crippen LogP contribution in [-0.4, -0.2) is 34.3 Å². The number of rotatable bonds is 8. The first-order chi connectivity index (χ1) is 13.1. The van der Waals surface area contributed by atoms with Gasteiger partial charge >= 0.3 is 0 Å². The van der Waals surface area contributed by atoms with E-state index in [9.17, 15) is 13.2 Å². The normalized spacial score (nSPS) is 11.2. The summed E-state index contributed by atoms with van der Waals surface area (Å²) in [5, 5.41) is 2.92. The van der Waals surface area contributed by atoms with Crippen molar-refractivity contribution in [2.24, 2.45) is 5.92 Å². The van der Waals surface area contributed by atoms with Crippen LogP contribution in [0.15, 0.2) is 36.4 Å². The molecule has 0 saturated carbocycles. The minimum Gasteiger partial charge on any atom is -0.493 e. The van der Waals surface area contributed by atoms with Gasteiger partial charge in [-0.2, -0.15) is 0 Å². The minimum absolute atomic E-state index is 0.243. The van der Waals surface area contributed by atoms with Gasteiger partial charge < -0.3 is 14.8 Å². The number of methoxy groups -OCH3 is 1. The second-order valence-corrected chi connectivity index (χ2v) is 8.72. The molecular weight excluding hydrogens is 404 g/mol. The van der Waals surface area contributed by atoms with E-state index in [2.05, 4.69) is 10.0 Å². The number of hydrogen-bond donors (Lipinski definition) is 2. The molecule has 2 N–H and O–H groups in total. The zero-order valence-corrected chi connectivity index (χ0v) is 17.6. The maximum atomic E-state index is 12.7. The smallest absolute Gasteiger partial charge is 0.255 e. The SMILES string of the molecule is COc1cc(C(=O)Nc2ccccc2NS(C)(=O)=O)cc(Cl)c1OCC(C)C. The van der Waals surface area contributed by atoms with Crippen molar-refractivity contribution < 1.29 is 22.7 Å². The first kappa shape index (κ1) is 21.8. The molecule has 0 atom stereocenters. The fraction of sp³-hybridized carbons (Fsp3) is 0.316. The quantitative estimate of drug-likeness (QED) is 0.665. The van der Waals surface area contributed by atoms with E-state index in [1.54, 1.807) is 24.3 Å². The van der Waals surface area contributed by atoms with Gasteiger partial charge in [-0.3, -0.25) is 9.52 Å². The number of nitrogens with one attached hydrogen (secondary N) is 2. The molecule has 0 spiro atoms. The lowest BCUT2D eigenvalue weighted by Gasteiger charge is -2.16. The molecule has 0 bridgehead atoms. The van der Waals surface area contributed by atoms with Gasteiger partial charge in [0.1, 0.15) is 0 Å². The highest BCUT2D eigenvalue weighted by Gasteiger charge is 2.18. The molecule has 0 aliphatic carbocycles. The number of sulfonamides is 1. The summed E-state index contributed by atoms with van der Waals surface area (Å²) in [6, 6.07) is 9.46. The molecule has 0 unspecified atom stereocenters. The van der Waals surface area contributed by atoms with Crippen molar-refractivity contribution in [2.45, 2.75) is 13.8 Å². The highest BCUT2D eigenvalue weighted by atomic mass is 35.5. The molecule has 0 saturated heterocycles. The van der Waals surface area contributed by atoms with E-state index in [0.717, 1.165) is 6.26 Å². The van der Waals surface area contributed by atoms with Crippen LogP contribution in [0.5, 0.6) is 11.5 Å². The van der Waals surface area contributed by atoms with Crippen LogP contribution in [-0.2, 0) is 10.0 Å². The van der Waals surface area contributed by atoms with E-state index in [1.807, 2.05) is 13.8 Å². The maximum Gasteiger partial charge on any atom is 0.255 e. The Kier molecular flexibility index (Phi) is 7.15. The number of hydrogen-bond acceptors (Lipinski definition) is 5. The van der Waals surface area contributed by atoms with Crippen molar-refractivity contribution in [1.29, 1.82) is 0 Å². The fourth-order valence-electron chi connectivity index (χ4n) is 2.32. The van der Waals surface area contributed by atoms with E-state index in [1.165, 1.54) is 19.2 Å². The molecule has 0 radical (unpaired) electrons. The number of ether oxygens (including phenoxy) is 2. The molecule has 1 amide bonds. The monoisotopic (exact) mass is 426 g/mol. The van der Waals surface area contributed by atoms with Crippen molar-refractivity contribution in [2.75, 3.05) is 30.0 Å². The average molecular weight is 427 g/mol. The molecule has 9 heteroatoms. The summed E-state index contributed by atoms with van der Waals surface area (Å²) >= 11 is 6.29. The molecule has 28 heavy (non-hydrogen) atoms. The first-order valence-corrected chi connectivity index (χ1v) is 10.8. The summed E-state index contributed by atoms with van der Waals surface area (Å²) in [6.45, 7) is 4.46. The van der Waals surface area contributed by atoms with Crippen molar-refractivity contribution in [3.05, 3.63) is 47.0 Å². The third-order valence-corrected chi connectivity index (χ3v) is 4.39. The van der Waals surface area contributed by atoms with Crippen LogP contribution in [0.25, 0.3) is 0 Å². The number of benzene rings is 2. The van der Waals surface area contributed by atoms with Crippen LogP contribution in [0.1, 0.15) is 24.2 Å². The maximum absolute atomic E-state index is 12.7. The molecule has 7 nitrogen and oxygen atoms in total. The zero-order chi connectivity index (χ0) is 20.9. The molecule has 152 valence electrons. The van der Waals surface area contributed by atoms with Crippen molar-refractivity contribution in [3.63, 3.8) is 0 Å². The molecule has 0 fully saturated rings. The lowest BCUT2D eigenvalue weighted by Crippen LogP contribution is -2.16. The third kappa shape index (κ3) is 6.03. The van der Waals surface area contributed by atoms with Gasteiger partial charge in [-0.1, -0.05) is 37.6 Å². The molecule has 0 aliphatic rings. The van der Waals surface area contributed by atoms with Crippen LogP contribution in [0.4, 0.5) is 11.4 Å². The standard InChI is InChI=1S/C19H23ClN2O5S/c1-12(2)11-27-18-14(20)9-13(10-17(18)26-3)19(23)21-15-7-5-6-8-16(15)22-28(4,24)25/h5-10,12,22H,11H2,1-4H3,(H,21,23). The average Bonchev–Trinajstić information content (AvgIpc) is 2.60. The predicted molar refractivity (Wildman–Crippen MR) is 111 cm³/mol. The Bertz CT molecular complexity index is 961. The van der Waals surface area contributed by atoms with Gasteiger partial charge in [-0.05, 0) is 30.2 Å².